The highest BCUT2D eigenvalue weighted by molar-refractivity contribution is 9.10. The largest absolute Gasteiger partial charge is 0.484 e. The van der Waals surface area contributed by atoms with Gasteiger partial charge in [0.05, 0.1) is 34.6 Å². The number of benzene rings is 1. The molecular weight excluding hydrogens is 474 g/mol. The fraction of sp³-hybridized carbons (Fsp3) is 0.474. The molecule has 2 aliphatic rings. The molecule has 1 saturated heterocycles. The molecule has 2 aromatic rings. The van der Waals surface area contributed by atoms with Gasteiger partial charge in [-0.2, -0.15) is 0 Å². The summed E-state index contributed by atoms with van der Waals surface area (Å²) in [5.74, 6) is -0.554. The maximum atomic E-state index is 13.3. The summed E-state index contributed by atoms with van der Waals surface area (Å²) >= 11 is 3.46. The van der Waals surface area contributed by atoms with Crippen LogP contribution in [0.5, 0.6) is 5.75 Å². The Morgan fingerprint density at radius 3 is 2.63 bits per heavy atom. The van der Waals surface area contributed by atoms with Crippen molar-refractivity contribution >= 4 is 32.8 Å². The van der Waals surface area contributed by atoms with E-state index < -0.39 is 31.1 Å². The van der Waals surface area contributed by atoms with Crippen LogP contribution in [0.3, 0.4) is 0 Å². The Hall–Kier alpha value is -1.98. The summed E-state index contributed by atoms with van der Waals surface area (Å²) in [6.45, 7) is 2.16. The molecule has 3 unspecified atom stereocenters. The smallest absolute Gasteiger partial charge is 0.264 e. The first-order valence-electron chi connectivity index (χ1n) is 9.22. The Bertz CT molecular complexity index is 977. The average molecular weight is 492 g/mol. The van der Waals surface area contributed by atoms with Crippen LogP contribution >= 0.6 is 15.9 Å². The molecule has 30 heavy (non-hydrogen) atoms. The minimum atomic E-state index is -2.81. The number of halogens is 5. The number of aliphatic imine (C=N–C) groups is 1. The monoisotopic (exact) mass is 491 g/mol. The van der Waals surface area contributed by atoms with Crippen molar-refractivity contribution in [2.75, 3.05) is 13.2 Å². The lowest BCUT2D eigenvalue weighted by molar-refractivity contribution is -0.110. The minimum Gasteiger partial charge on any atom is -0.484 e. The molecule has 0 radical (unpaired) electrons. The molecule has 0 amide bonds. The fourth-order valence-corrected chi connectivity index (χ4v) is 3.47. The van der Waals surface area contributed by atoms with E-state index in [-0.39, 0.29) is 11.9 Å². The summed E-state index contributed by atoms with van der Waals surface area (Å²) in [6.07, 6.45) is -4.48. The maximum Gasteiger partial charge on any atom is 0.264 e. The molecule has 3 atom stereocenters. The molecule has 1 aromatic carbocycles. The van der Waals surface area contributed by atoms with Crippen LogP contribution in [0.1, 0.15) is 6.92 Å². The lowest BCUT2D eigenvalue weighted by Crippen LogP contribution is -2.38. The van der Waals surface area contributed by atoms with Gasteiger partial charge in [0.1, 0.15) is 30.1 Å². The van der Waals surface area contributed by atoms with Crippen molar-refractivity contribution in [2.45, 2.75) is 38.2 Å². The molecule has 11 heteroatoms. The lowest BCUT2D eigenvalue weighted by atomic mass is 10.1. The van der Waals surface area contributed by atoms with Gasteiger partial charge in [-0.25, -0.2) is 27.5 Å². The molecule has 4 rings (SSSR count). The molecule has 2 aliphatic heterocycles. The van der Waals surface area contributed by atoms with Gasteiger partial charge in [0.2, 0.25) is 6.43 Å². The van der Waals surface area contributed by atoms with Crippen LogP contribution in [0, 0.1) is 5.92 Å². The van der Waals surface area contributed by atoms with Crippen LogP contribution in [-0.4, -0.2) is 59.9 Å². The van der Waals surface area contributed by atoms with Gasteiger partial charge in [-0.15, -0.1) is 0 Å². The van der Waals surface area contributed by atoms with Crippen molar-refractivity contribution in [3.8, 4) is 5.75 Å². The minimum absolute atomic E-state index is 0.0208. The first-order valence-corrected chi connectivity index (χ1v) is 10.0. The standard InChI is InChI=1S/C19H18BrF4N3O3/c1-9(17(21)22)29-19-11(18(23)24)2-3-16(26-19)27-8-25-13-5-15(12(20)4-14(13)27)30-10-6-28-7-10/h2-5,8-11,17-19H,6-7H2,1H3. The fourth-order valence-electron chi connectivity index (χ4n) is 3.05. The van der Waals surface area contributed by atoms with Crippen LogP contribution in [0.25, 0.3) is 11.0 Å². The number of alkyl halides is 4. The van der Waals surface area contributed by atoms with Crippen molar-refractivity contribution in [3.63, 3.8) is 0 Å². The van der Waals surface area contributed by atoms with E-state index in [1.54, 1.807) is 16.7 Å². The molecule has 0 bridgehead atoms. The first kappa shape index (κ1) is 21.3. The Balaban J connectivity index is 1.64. The van der Waals surface area contributed by atoms with E-state index in [1.807, 2.05) is 0 Å². The molecular formula is C19H18BrF4N3O3. The number of hydrogen-bond acceptors (Lipinski definition) is 5. The average Bonchev–Trinajstić information content (AvgIpc) is 3.06. The van der Waals surface area contributed by atoms with Gasteiger partial charge in [-0.1, -0.05) is 6.08 Å². The second-order valence-corrected chi connectivity index (χ2v) is 7.84. The van der Waals surface area contributed by atoms with Crippen molar-refractivity contribution < 1.29 is 31.8 Å². The van der Waals surface area contributed by atoms with E-state index in [4.69, 9.17) is 14.2 Å². The van der Waals surface area contributed by atoms with Crippen molar-refractivity contribution in [1.29, 1.82) is 0 Å². The van der Waals surface area contributed by atoms with Crippen molar-refractivity contribution in [2.24, 2.45) is 10.9 Å². The van der Waals surface area contributed by atoms with Crippen molar-refractivity contribution in [1.82, 2.24) is 9.55 Å². The molecule has 0 N–H and O–H groups in total. The Morgan fingerprint density at radius 1 is 1.23 bits per heavy atom. The van der Waals surface area contributed by atoms with Gasteiger partial charge in [-0.05, 0) is 35.0 Å². The molecule has 0 aliphatic carbocycles. The van der Waals surface area contributed by atoms with Gasteiger partial charge < -0.3 is 14.2 Å². The quantitative estimate of drug-likeness (QED) is 0.566. The lowest BCUT2D eigenvalue weighted by Gasteiger charge is -2.28. The van der Waals surface area contributed by atoms with E-state index in [1.165, 1.54) is 18.5 Å². The number of imidazole rings is 1. The predicted molar refractivity (Wildman–Crippen MR) is 104 cm³/mol. The van der Waals surface area contributed by atoms with Gasteiger partial charge in [-0.3, -0.25) is 4.57 Å². The van der Waals surface area contributed by atoms with E-state index in [0.717, 1.165) is 6.92 Å². The molecule has 0 saturated carbocycles. The molecule has 0 spiro atoms. The summed E-state index contributed by atoms with van der Waals surface area (Å²) in [7, 11) is 0. The third kappa shape index (κ3) is 4.23. The number of rotatable bonds is 6. The SMILES string of the molecule is CC(OC1N=C(n2cnc3cc(OC4COC4)c(Br)cc32)C=CC1C(F)F)C(F)F. The van der Waals surface area contributed by atoms with Gasteiger partial charge in [0.25, 0.3) is 6.43 Å². The van der Waals surface area contributed by atoms with Gasteiger partial charge >= 0.3 is 0 Å². The normalized spacial score (nSPS) is 23.1. The molecule has 162 valence electrons. The highest BCUT2D eigenvalue weighted by Crippen LogP contribution is 2.32. The zero-order chi connectivity index (χ0) is 21.4. The predicted octanol–water partition coefficient (Wildman–Crippen LogP) is 4.27. The highest BCUT2D eigenvalue weighted by Gasteiger charge is 2.34. The second-order valence-electron chi connectivity index (χ2n) is 6.99. The Labute approximate surface area is 177 Å². The summed E-state index contributed by atoms with van der Waals surface area (Å²) < 4.78 is 70.7. The topological polar surface area (TPSA) is 57.9 Å². The summed E-state index contributed by atoms with van der Waals surface area (Å²) in [4.78, 5) is 8.50. The van der Waals surface area contributed by atoms with E-state index >= 15 is 0 Å². The number of ether oxygens (including phenoxy) is 3. The highest BCUT2D eigenvalue weighted by atomic mass is 79.9. The maximum absolute atomic E-state index is 13.3. The Morgan fingerprint density at radius 2 is 2.00 bits per heavy atom. The zero-order valence-corrected chi connectivity index (χ0v) is 17.3. The zero-order valence-electron chi connectivity index (χ0n) is 15.7. The van der Waals surface area contributed by atoms with E-state index in [9.17, 15) is 17.6 Å². The number of nitrogens with zero attached hydrogens (tertiary/aromatic N) is 3. The van der Waals surface area contributed by atoms with Crippen LogP contribution < -0.4 is 4.74 Å². The molecule has 6 nitrogen and oxygen atoms in total. The summed E-state index contributed by atoms with van der Waals surface area (Å²) in [5.41, 5.74) is 1.23. The summed E-state index contributed by atoms with van der Waals surface area (Å²) in [6, 6.07) is 3.51. The number of fused-ring (bicyclic) bond motifs is 1. The Kier molecular flexibility index (Phi) is 6.12. The first-order chi connectivity index (χ1) is 14.3. The van der Waals surface area contributed by atoms with Crippen LogP contribution in [0.4, 0.5) is 17.6 Å². The van der Waals surface area contributed by atoms with Crippen LogP contribution in [-0.2, 0) is 9.47 Å². The number of hydrogen-bond donors (Lipinski definition) is 0. The van der Waals surface area contributed by atoms with E-state index in [0.29, 0.717) is 34.5 Å². The molecule has 1 fully saturated rings. The summed E-state index contributed by atoms with van der Waals surface area (Å²) in [5, 5.41) is 0. The van der Waals surface area contributed by atoms with Crippen LogP contribution in [0.15, 0.2) is 40.1 Å². The third-order valence-electron chi connectivity index (χ3n) is 4.81. The van der Waals surface area contributed by atoms with Gasteiger partial charge in [0.15, 0.2) is 6.23 Å². The molecule has 1 aromatic heterocycles. The van der Waals surface area contributed by atoms with Gasteiger partial charge in [0, 0.05) is 6.07 Å². The molecule has 3 heterocycles. The third-order valence-corrected chi connectivity index (χ3v) is 5.42. The van der Waals surface area contributed by atoms with E-state index in [2.05, 4.69) is 25.9 Å². The second kappa shape index (κ2) is 8.64. The van der Waals surface area contributed by atoms with Crippen molar-refractivity contribution in [3.05, 3.63) is 35.1 Å². The number of aromatic nitrogens is 2. The number of allylic oxidation sites excluding steroid dienone is 1. The van der Waals surface area contributed by atoms with Crippen LogP contribution in [0.2, 0.25) is 0 Å². The number of dihydropyridines is 1.